The van der Waals surface area contributed by atoms with Gasteiger partial charge in [0.15, 0.2) is 0 Å². The molecule has 1 amide bonds. The van der Waals surface area contributed by atoms with E-state index in [-0.39, 0.29) is 11.9 Å². The summed E-state index contributed by atoms with van der Waals surface area (Å²) in [5, 5.41) is 1.06. The van der Waals surface area contributed by atoms with Crippen molar-refractivity contribution in [2.45, 2.75) is 31.7 Å². The lowest BCUT2D eigenvalue weighted by atomic mass is 10.1. The van der Waals surface area contributed by atoms with Crippen LogP contribution in [0.25, 0.3) is 10.2 Å². The minimum absolute atomic E-state index is 0.123. The van der Waals surface area contributed by atoms with E-state index in [2.05, 4.69) is 6.07 Å². The number of para-hydroxylation sites is 2. The van der Waals surface area contributed by atoms with Crippen molar-refractivity contribution in [2.75, 3.05) is 13.7 Å². The number of amides is 1. The van der Waals surface area contributed by atoms with Crippen LogP contribution in [0.5, 0.6) is 5.75 Å². The highest BCUT2D eigenvalue weighted by atomic mass is 32.1. The van der Waals surface area contributed by atoms with E-state index in [9.17, 15) is 4.79 Å². The highest BCUT2D eigenvalue weighted by Gasteiger charge is 2.31. The molecule has 1 unspecified atom stereocenters. The molecular weight excluding hydrogens is 344 g/mol. The van der Waals surface area contributed by atoms with Gasteiger partial charge in [-0.1, -0.05) is 30.3 Å². The van der Waals surface area contributed by atoms with E-state index >= 15 is 0 Å². The molecule has 1 atom stereocenters. The van der Waals surface area contributed by atoms with Crippen LogP contribution in [0.2, 0.25) is 0 Å². The second kappa shape index (κ2) is 7.46. The Morgan fingerprint density at radius 3 is 2.88 bits per heavy atom. The fourth-order valence-electron chi connectivity index (χ4n) is 3.65. The van der Waals surface area contributed by atoms with Gasteiger partial charge in [-0.25, -0.2) is 4.98 Å². The number of benzene rings is 2. The van der Waals surface area contributed by atoms with Gasteiger partial charge in [0, 0.05) is 13.0 Å². The quantitative estimate of drug-likeness (QED) is 0.663. The van der Waals surface area contributed by atoms with E-state index in [1.54, 1.807) is 18.4 Å². The predicted octanol–water partition coefficient (Wildman–Crippen LogP) is 4.60. The number of ether oxygens (including phenoxy) is 1. The third-order valence-corrected chi connectivity index (χ3v) is 6.11. The topological polar surface area (TPSA) is 42.4 Å². The first-order chi connectivity index (χ1) is 12.8. The van der Waals surface area contributed by atoms with Gasteiger partial charge in [-0.15, -0.1) is 11.3 Å². The third kappa shape index (κ3) is 3.31. The molecule has 5 heteroatoms. The van der Waals surface area contributed by atoms with Gasteiger partial charge in [0.25, 0.3) is 0 Å². The predicted molar refractivity (Wildman–Crippen MR) is 105 cm³/mol. The van der Waals surface area contributed by atoms with E-state index in [1.165, 1.54) is 4.70 Å². The first kappa shape index (κ1) is 17.0. The zero-order chi connectivity index (χ0) is 17.9. The molecule has 26 heavy (non-hydrogen) atoms. The molecule has 1 aliphatic heterocycles. The molecule has 134 valence electrons. The highest BCUT2D eigenvalue weighted by molar-refractivity contribution is 7.18. The van der Waals surface area contributed by atoms with Gasteiger partial charge >= 0.3 is 0 Å². The number of thiazole rings is 1. The highest BCUT2D eigenvalue weighted by Crippen LogP contribution is 2.37. The third-order valence-electron chi connectivity index (χ3n) is 4.97. The average Bonchev–Trinajstić information content (AvgIpc) is 3.32. The lowest BCUT2D eigenvalue weighted by Gasteiger charge is -2.23. The number of methoxy groups -OCH3 is 1. The number of hydrogen-bond donors (Lipinski definition) is 0. The zero-order valence-electron chi connectivity index (χ0n) is 14.9. The van der Waals surface area contributed by atoms with Crippen LogP contribution in [0.4, 0.5) is 0 Å². The van der Waals surface area contributed by atoms with Gasteiger partial charge in [-0.05, 0) is 43.0 Å². The monoisotopic (exact) mass is 366 g/mol. The maximum absolute atomic E-state index is 12.9. The Morgan fingerprint density at radius 2 is 2.04 bits per heavy atom. The van der Waals surface area contributed by atoms with Gasteiger partial charge in [0.2, 0.25) is 5.91 Å². The summed E-state index contributed by atoms with van der Waals surface area (Å²) in [6.07, 6.45) is 3.24. The molecule has 1 fully saturated rings. The molecule has 3 aromatic rings. The minimum Gasteiger partial charge on any atom is -0.496 e. The normalized spacial score (nSPS) is 17.0. The van der Waals surface area contributed by atoms with Gasteiger partial charge in [-0.3, -0.25) is 4.79 Å². The summed E-state index contributed by atoms with van der Waals surface area (Å²) in [6.45, 7) is 0.825. The van der Waals surface area contributed by atoms with Gasteiger partial charge in [0.05, 0.1) is 23.4 Å². The molecular formula is C21H22N2O2S. The summed E-state index contributed by atoms with van der Waals surface area (Å²) in [5.41, 5.74) is 2.11. The van der Waals surface area contributed by atoms with Crippen molar-refractivity contribution in [3.05, 3.63) is 59.1 Å². The maximum atomic E-state index is 12.9. The average molecular weight is 366 g/mol. The number of rotatable bonds is 5. The van der Waals surface area contributed by atoms with Crippen molar-refractivity contribution in [1.82, 2.24) is 9.88 Å². The Balaban J connectivity index is 1.48. The number of aromatic nitrogens is 1. The molecule has 0 bridgehead atoms. The van der Waals surface area contributed by atoms with Crippen LogP contribution < -0.4 is 4.74 Å². The fraction of sp³-hybridized carbons (Fsp3) is 0.333. The Bertz CT molecular complexity index is 888. The van der Waals surface area contributed by atoms with Crippen molar-refractivity contribution >= 4 is 27.5 Å². The molecule has 1 aromatic heterocycles. The van der Waals surface area contributed by atoms with Crippen molar-refractivity contribution in [3.63, 3.8) is 0 Å². The second-order valence-corrected chi connectivity index (χ2v) is 7.64. The number of carbonyl (C=O) groups is 1. The SMILES string of the molecule is COc1ccccc1CCC(=O)N1CCCC1c1nc2ccccc2s1. The molecule has 0 aliphatic carbocycles. The van der Waals surface area contributed by atoms with Crippen LogP contribution in [0.15, 0.2) is 48.5 Å². The van der Waals surface area contributed by atoms with E-state index < -0.39 is 0 Å². The molecule has 4 nitrogen and oxygen atoms in total. The molecule has 2 aromatic carbocycles. The Labute approximate surface area is 157 Å². The Kier molecular flexibility index (Phi) is 4.89. The van der Waals surface area contributed by atoms with Gasteiger partial charge < -0.3 is 9.64 Å². The molecule has 4 rings (SSSR count). The number of carbonyl (C=O) groups excluding carboxylic acids is 1. The van der Waals surface area contributed by atoms with Gasteiger partial charge in [-0.2, -0.15) is 0 Å². The molecule has 0 spiro atoms. The summed E-state index contributed by atoms with van der Waals surface area (Å²) in [7, 11) is 1.67. The standard InChI is InChI=1S/C21H22N2O2S/c1-25-18-10-4-2-7-15(18)12-13-20(24)23-14-6-9-17(23)21-22-16-8-3-5-11-19(16)26-21/h2-5,7-8,10-11,17H,6,9,12-14H2,1H3. The van der Waals surface area contributed by atoms with Crippen molar-refractivity contribution < 1.29 is 9.53 Å². The fourth-order valence-corrected chi connectivity index (χ4v) is 4.76. The van der Waals surface area contributed by atoms with Crippen LogP contribution in [-0.4, -0.2) is 29.4 Å². The van der Waals surface area contributed by atoms with Crippen molar-refractivity contribution in [1.29, 1.82) is 0 Å². The van der Waals surface area contributed by atoms with E-state index in [4.69, 9.17) is 9.72 Å². The van der Waals surface area contributed by atoms with Crippen molar-refractivity contribution in [3.8, 4) is 5.75 Å². The van der Waals surface area contributed by atoms with Crippen LogP contribution >= 0.6 is 11.3 Å². The molecule has 2 heterocycles. The number of fused-ring (bicyclic) bond motifs is 1. The summed E-state index contributed by atoms with van der Waals surface area (Å²) < 4.78 is 6.58. The maximum Gasteiger partial charge on any atom is 0.223 e. The van der Waals surface area contributed by atoms with Crippen LogP contribution in [0.1, 0.15) is 35.9 Å². The van der Waals surface area contributed by atoms with E-state index in [0.29, 0.717) is 12.8 Å². The molecule has 0 saturated carbocycles. The summed E-state index contributed by atoms with van der Waals surface area (Å²) in [4.78, 5) is 19.7. The Hall–Kier alpha value is -2.40. The summed E-state index contributed by atoms with van der Waals surface area (Å²) in [5.74, 6) is 1.06. The summed E-state index contributed by atoms with van der Waals surface area (Å²) in [6, 6.07) is 16.2. The number of likely N-dealkylation sites (tertiary alicyclic amines) is 1. The Morgan fingerprint density at radius 1 is 1.23 bits per heavy atom. The number of hydrogen-bond acceptors (Lipinski definition) is 4. The molecule has 1 saturated heterocycles. The second-order valence-electron chi connectivity index (χ2n) is 6.58. The lowest BCUT2D eigenvalue weighted by molar-refractivity contribution is -0.132. The number of aryl methyl sites for hydroxylation is 1. The first-order valence-electron chi connectivity index (χ1n) is 9.03. The van der Waals surface area contributed by atoms with E-state index in [0.717, 1.165) is 41.2 Å². The molecule has 1 aliphatic rings. The summed E-state index contributed by atoms with van der Waals surface area (Å²) >= 11 is 1.71. The molecule has 0 N–H and O–H groups in total. The molecule has 0 radical (unpaired) electrons. The largest absolute Gasteiger partial charge is 0.496 e. The van der Waals surface area contributed by atoms with Crippen LogP contribution in [0, 0.1) is 0 Å². The lowest BCUT2D eigenvalue weighted by Crippen LogP contribution is -2.30. The minimum atomic E-state index is 0.123. The smallest absolute Gasteiger partial charge is 0.223 e. The zero-order valence-corrected chi connectivity index (χ0v) is 15.7. The van der Waals surface area contributed by atoms with Crippen molar-refractivity contribution in [2.24, 2.45) is 0 Å². The van der Waals surface area contributed by atoms with E-state index in [1.807, 2.05) is 47.4 Å². The van der Waals surface area contributed by atoms with Crippen LogP contribution in [-0.2, 0) is 11.2 Å². The number of nitrogens with zero attached hydrogens (tertiary/aromatic N) is 2. The van der Waals surface area contributed by atoms with Gasteiger partial charge in [0.1, 0.15) is 10.8 Å². The first-order valence-corrected chi connectivity index (χ1v) is 9.85. The van der Waals surface area contributed by atoms with Crippen LogP contribution in [0.3, 0.4) is 0 Å².